The smallest absolute Gasteiger partial charge is 0.252 e. The first-order valence-electron chi connectivity index (χ1n) is 10.1. The zero-order valence-electron chi connectivity index (χ0n) is 17.4. The van der Waals surface area contributed by atoms with Gasteiger partial charge in [-0.2, -0.15) is 14.4 Å². The average molecular weight is 445 g/mol. The number of aromatic hydroxyl groups is 1. The average Bonchev–Trinajstić information content (AvgIpc) is 3.41. The molecule has 1 fully saturated rings. The first-order valence-corrected chi connectivity index (χ1v) is 11.5. The number of benzene rings is 1. The van der Waals surface area contributed by atoms with Gasteiger partial charge >= 0.3 is 0 Å². The van der Waals surface area contributed by atoms with Crippen LogP contribution in [0.4, 0.5) is 5.69 Å². The maximum Gasteiger partial charge on any atom is 0.252 e. The summed E-state index contributed by atoms with van der Waals surface area (Å²) in [7, 11) is -3.65. The third kappa shape index (κ3) is 4.10. The Balaban J connectivity index is 1.49. The zero-order chi connectivity index (χ0) is 22.2. The predicted molar refractivity (Wildman–Crippen MR) is 113 cm³/mol. The minimum absolute atomic E-state index is 0.0509. The summed E-state index contributed by atoms with van der Waals surface area (Å²) in [5.41, 5.74) is 2.59. The first-order chi connectivity index (χ1) is 14.8. The number of fused-ring (bicyclic) bond motifs is 1. The number of phenolic OH excluding ortho intramolecular Hbond substituents is 1. The van der Waals surface area contributed by atoms with E-state index in [9.17, 15) is 18.3 Å². The van der Waals surface area contributed by atoms with Crippen LogP contribution in [0.25, 0.3) is 5.78 Å². The van der Waals surface area contributed by atoms with E-state index in [-0.39, 0.29) is 28.7 Å². The molecule has 0 unspecified atom stereocenters. The molecule has 1 aliphatic rings. The Morgan fingerprint density at radius 3 is 2.71 bits per heavy atom. The monoisotopic (exact) mass is 444 g/mol. The third-order valence-corrected chi connectivity index (χ3v) is 7.43. The van der Waals surface area contributed by atoms with Crippen molar-refractivity contribution < 1.29 is 18.3 Å². The van der Waals surface area contributed by atoms with E-state index < -0.39 is 10.0 Å². The van der Waals surface area contributed by atoms with E-state index in [2.05, 4.69) is 20.4 Å². The van der Waals surface area contributed by atoms with Crippen LogP contribution in [0, 0.1) is 13.8 Å². The maximum absolute atomic E-state index is 12.8. The number of aromatic nitrogens is 4. The van der Waals surface area contributed by atoms with Crippen LogP contribution in [0.15, 0.2) is 29.4 Å². The lowest BCUT2D eigenvalue weighted by Gasteiger charge is -2.17. The van der Waals surface area contributed by atoms with Gasteiger partial charge in [0.2, 0.25) is 15.9 Å². The van der Waals surface area contributed by atoms with Gasteiger partial charge in [-0.1, -0.05) is 0 Å². The van der Waals surface area contributed by atoms with Gasteiger partial charge in [0, 0.05) is 30.9 Å². The highest BCUT2D eigenvalue weighted by Gasteiger charge is 2.28. The molecule has 11 heteroatoms. The maximum atomic E-state index is 12.8. The van der Waals surface area contributed by atoms with Gasteiger partial charge < -0.3 is 10.4 Å². The molecule has 164 valence electrons. The molecule has 31 heavy (non-hydrogen) atoms. The van der Waals surface area contributed by atoms with Crippen molar-refractivity contribution in [3.05, 3.63) is 41.5 Å². The van der Waals surface area contributed by atoms with Crippen LogP contribution in [-0.4, -0.2) is 56.4 Å². The fourth-order valence-electron chi connectivity index (χ4n) is 3.82. The van der Waals surface area contributed by atoms with Gasteiger partial charge in [-0.25, -0.2) is 17.9 Å². The van der Waals surface area contributed by atoms with Gasteiger partial charge in [0.05, 0.1) is 10.6 Å². The number of sulfonamides is 1. The van der Waals surface area contributed by atoms with Gasteiger partial charge in [-0.3, -0.25) is 4.79 Å². The Hall–Kier alpha value is -3.05. The molecule has 3 heterocycles. The molecule has 1 amide bonds. The highest BCUT2D eigenvalue weighted by molar-refractivity contribution is 7.89. The van der Waals surface area contributed by atoms with Crippen LogP contribution in [-0.2, 0) is 21.2 Å². The number of hydrogen-bond donors (Lipinski definition) is 2. The molecule has 1 aliphatic heterocycles. The molecule has 0 atom stereocenters. The molecule has 10 nitrogen and oxygen atoms in total. The van der Waals surface area contributed by atoms with Gasteiger partial charge in [0.1, 0.15) is 12.1 Å². The molecule has 0 aliphatic carbocycles. The largest absolute Gasteiger partial charge is 0.506 e. The molecular formula is C20H24N6O4S. The van der Waals surface area contributed by atoms with Crippen molar-refractivity contribution in [2.45, 2.75) is 44.4 Å². The number of amides is 1. The molecule has 1 aromatic carbocycles. The van der Waals surface area contributed by atoms with Crippen molar-refractivity contribution in [3.8, 4) is 5.75 Å². The van der Waals surface area contributed by atoms with Gasteiger partial charge in [-0.15, -0.1) is 0 Å². The van der Waals surface area contributed by atoms with Crippen LogP contribution in [0.5, 0.6) is 5.75 Å². The minimum atomic E-state index is -3.65. The molecular weight excluding hydrogens is 420 g/mol. The Labute approximate surface area is 180 Å². The summed E-state index contributed by atoms with van der Waals surface area (Å²) in [6.45, 7) is 4.71. The van der Waals surface area contributed by atoms with Gasteiger partial charge in [0.25, 0.3) is 5.78 Å². The number of phenols is 1. The van der Waals surface area contributed by atoms with Crippen molar-refractivity contribution in [2.75, 3.05) is 18.4 Å². The van der Waals surface area contributed by atoms with Crippen LogP contribution in [0.1, 0.15) is 36.2 Å². The number of hydrogen-bond acceptors (Lipinski definition) is 7. The zero-order valence-corrected chi connectivity index (χ0v) is 18.2. The molecule has 2 aromatic heterocycles. The normalized spacial score (nSPS) is 14.9. The first kappa shape index (κ1) is 21.2. The summed E-state index contributed by atoms with van der Waals surface area (Å²) < 4.78 is 28.6. The van der Waals surface area contributed by atoms with E-state index in [1.54, 1.807) is 4.52 Å². The fourth-order valence-corrected chi connectivity index (χ4v) is 5.37. The summed E-state index contributed by atoms with van der Waals surface area (Å²) in [4.78, 5) is 21.1. The van der Waals surface area contributed by atoms with Crippen molar-refractivity contribution in [1.29, 1.82) is 0 Å². The summed E-state index contributed by atoms with van der Waals surface area (Å²) >= 11 is 0. The Bertz CT molecular complexity index is 1250. The SMILES string of the molecule is Cc1nc2ncnn2c(C)c1CCC(=O)Nc1cc(S(=O)(=O)N2CCCC2)ccc1O. The van der Waals surface area contributed by atoms with E-state index in [0.29, 0.717) is 25.3 Å². The minimum Gasteiger partial charge on any atom is -0.506 e. The number of nitrogens with one attached hydrogen (secondary N) is 1. The molecule has 4 rings (SSSR count). The molecule has 0 bridgehead atoms. The van der Waals surface area contributed by atoms with Crippen molar-refractivity contribution in [1.82, 2.24) is 23.9 Å². The highest BCUT2D eigenvalue weighted by Crippen LogP contribution is 2.29. The summed E-state index contributed by atoms with van der Waals surface area (Å²) in [6, 6.07) is 3.94. The summed E-state index contributed by atoms with van der Waals surface area (Å²) in [5, 5.41) is 16.9. The lowest BCUT2D eigenvalue weighted by molar-refractivity contribution is -0.116. The van der Waals surface area contributed by atoms with Crippen molar-refractivity contribution in [3.63, 3.8) is 0 Å². The third-order valence-electron chi connectivity index (χ3n) is 5.54. The van der Waals surface area contributed by atoms with Gasteiger partial charge in [0.15, 0.2) is 0 Å². The number of rotatable bonds is 6. The quantitative estimate of drug-likeness (QED) is 0.555. The van der Waals surface area contributed by atoms with Crippen LogP contribution >= 0.6 is 0 Å². The van der Waals surface area contributed by atoms with Crippen molar-refractivity contribution in [2.24, 2.45) is 0 Å². The lowest BCUT2D eigenvalue weighted by Crippen LogP contribution is -2.28. The lowest BCUT2D eigenvalue weighted by atomic mass is 10.1. The Morgan fingerprint density at radius 1 is 1.23 bits per heavy atom. The highest BCUT2D eigenvalue weighted by atomic mass is 32.2. The van der Waals surface area contributed by atoms with E-state index in [1.807, 2.05) is 13.8 Å². The topological polar surface area (TPSA) is 130 Å². The Morgan fingerprint density at radius 2 is 1.97 bits per heavy atom. The fraction of sp³-hybridized carbons (Fsp3) is 0.400. The number of carbonyl (C=O) groups excluding carboxylic acids is 1. The summed E-state index contributed by atoms with van der Waals surface area (Å²) in [6.07, 6.45) is 3.63. The Kier molecular flexibility index (Phi) is 5.63. The second-order valence-corrected chi connectivity index (χ2v) is 9.51. The number of aryl methyl sites for hydroxylation is 2. The summed E-state index contributed by atoms with van der Waals surface area (Å²) in [5.74, 6) is -0.0283. The molecule has 0 saturated carbocycles. The predicted octanol–water partition coefficient (Wildman–Crippen LogP) is 1.80. The number of carbonyl (C=O) groups is 1. The van der Waals surface area contributed by atoms with E-state index in [4.69, 9.17) is 0 Å². The second-order valence-electron chi connectivity index (χ2n) is 7.57. The number of nitrogens with zero attached hydrogens (tertiary/aromatic N) is 5. The van der Waals surface area contributed by atoms with E-state index >= 15 is 0 Å². The van der Waals surface area contributed by atoms with Crippen LogP contribution in [0.3, 0.4) is 0 Å². The molecule has 3 aromatic rings. The number of anilines is 1. The molecule has 1 saturated heterocycles. The van der Waals surface area contributed by atoms with Crippen LogP contribution in [0.2, 0.25) is 0 Å². The molecule has 0 spiro atoms. The van der Waals surface area contributed by atoms with Gasteiger partial charge in [-0.05, 0) is 56.9 Å². The van der Waals surface area contributed by atoms with E-state index in [0.717, 1.165) is 29.8 Å². The molecule has 0 radical (unpaired) electrons. The molecule has 2 N–H and O–H groups in total. The second kappa shape index (κ2) is 8.23. The van der Waals surface area contributed by atoms with Crippen molar-refractivity contribution >= 4 is 27.4 Å². The van der Waals surface area contributed by atoms with E-state index in [1.165, 1.54) is 28.8 Å². The standard InChI is InChI=1S/C20H24N6O4S/c1-13-16(14(2)26-20(23-13)21-12-22-26)6-8-19(28)24-17-11-15(5-7-18(17)27)31(29,30)25-9-3-4-10-25/h5,7,11-12,27H,3-4,6,8-10H2,1-2H3,(H,24,28). The van der Waals surface area contributed by atoms with Crippen LogP contribution < -0.4 is 5.32 Å².